The molecule has 1 aromatic heterocycles. The van der Waals surface area contributed by atoms with Gasteiger partial charge in [-0.1, -0.05) is 34.6 Å². The zero-order chi connectivity index (χ0) is 14.5. The van der Waals surface area contributed by atoms with Gasteiger partial charge in [0.15, 0.2) is 0 Å². The second-order valence-electron chi connectivity index (χ2n) is 6.38. The highest BCUT2D eigenvalue weighted by Crippen LogP contribution is 2.21. The van der Waals surface area contributed by atoms with E-state index in [9.17, 15) is 0 Å². The van der Waals surface area contributed by atoms with Crippen LogP contribution in [0.3, 0.4) is 0 Å². The highest BCUT2D eigenvalue weighted by atomic mass is 15.1. The molecule has 1 N–H and O–H groups in total. The SMILES string of the molecule is CCNC(CC)c1ccc(N(C)CC(C)(C)C)cn1. The summed E-state index contributed by atoms with van der Waals surface area (Å²) in [5.41, 5.74) is 2.62. The van der Waals surface area contributed by atoms with Crippen LogP contribution in [0.15, 0.2) is 18.3 Å². The Kier molecular flexibility index (Phi) is 5.80. The lowest BCUT2D eigenvalue weighted by atomic mass is 9.96. The topological polar surface area (TPSA) is 28.2 Å². The van der Waals surface area contributed by atoms with Crippen molar-refractivity contribution < 1.29 is 0 Å². The predicted octanol–water partition coefficient (Wildman–Crippen LogP) is 3.62. The van der Waals surface area contributed by atoms with Gasteiger partial charge in [-0.15, -0.1) is 0 Å². The van der Waals surface area contributed by atoms with Gasteiger partial charge in [-0.3, -0.25) is 4.98 Å². The highest BCUT2D eigenvalue weighted by molar-refractivity contribution is 5.44. The summed E-state index contributed by atoms with van der Waals surface area (Å²) in [6.45, 7) is 13.1. The van der Waals surface area contributed by atoms with E-state index in [-0.39, 0.29) is 0 Å². The standard InChI is InChI=1S/C16H29N3/c1-7-14(17-8-2)15-10-9-13(11-18-15)19(6)12-16(3,4)5/h9-11,14,17H,7-8,12H2,1-6H3. The third-order valence-corrected chi connectivity index (χ3v) is 3.14. The Morgan fingerprint density at radius 2 is 1.95 bits per heavy atom. The van der Waals surface area contributed by atoms with E-state index in [0.29, 0.717) is 11.5 Å². The molecule has 0 aliphatic heterocycles. The molecule has 1 atom stereocenters. The molecule has 1 unspecified atom stereocenters. The molecule has 0 aliphatic rings. The number of nitrogens with one attached hydrogen (secondary N) is 1. The summed E-state index contributed by atoms with van der Waals surface area (Å²) in [6, 6.07) is 4.69. The Morgan fingerprint density at radius 1 is 1.26 bits per heavy atom. The van der Waals surface area contributed by atoms with Crippen LogP contribution in [0.4, 0.5) is 5.69 Å². The van der Waals surface area contributed by atoms with Gasteiger partial charge in [0.05, 0.1) is 17.6 Å². The minimum absolute atomic E-state index is 0.295. The summed E-state index contributed by atoms with van der Waals surface area (Å²) >= 11 is 0. The van der Waals surface area contributed by atoms with Gasteiger partial charge in [-0.25, -0.2) is 0 Å². The second-order valence-corrected chi connectivity index (χ2v) is 6.38. The van der Waals surface area contributed by atoms with Gasteiger partial charge in [-0.2, -0.15) is 0 Å². The number of aromatic nitrogens is 1. The molecule has 1 heterocycles. The first-order valence-corrected chi connectivity index (χ1v) is 7.28. The van der Waals surface area contributed by atoms with Crippen molar-refractivity contribution >= 4 is 5.69 Å². The van der Waals surface area contributed by atoms with E-state index >= 15 is 0 Å². The molecule has 0 amide bonds. The first-order valence-electron chi connectivity index (χ1n) is 7.28. The van der Waals surface area contributed by atoms with Gasteiger partial charge < -0.3 is 10.2 Å². The van der Waals surface area contributed by atoms with E-state index in [2.05, 4.69) is 69.0 Å². The number of rotatable bonds is 6. The van der Waals surface area contributed by atoms with Crippen molar-refractivity contribution in [3.8, 4) is 0 Å². The van der Waals surface area contributed by atoms with E-state index in [1.807, 2.05) is 6.20 Å². The van der Waals surface area contributed by atoms with Crippen LogP contribution in [0.1, 0.15) is 52.8 Å². The van der Waals surface area contributed by atoms with Gasteiger partial charge in [0.25, 0.3) is 0 Å². The average Bonchev–Trinajstić information content (AvgIpc) is 2.34. The normalized spacial score (nSPS) is 13.4. The molecule has 0 bridgehead atoms. The first-order chi connectivity index (χ1) is 8.87. The Morgan fingerprint density at radius 3 is 2.37 bits per heavy atom. The van der Waals surface area contributed by atoms with E-state index in [1.165, 1.54) is 5.69 Å². The maximum absolute atomic E-state index is 4.62. The third kappa shape index (κ3) is 5.19. The Bertz CT molecular complexity index is 365. The van der Waals surface area contributed by atoms with Crippen LogP contribution in [0.2, 0.25) is 0 Å². The summed E-state index contributed by atoms with van der Waals surface area (Å²) in [6.07, 6.45) is 3.05. The van der Waals surface area contributed by atoms with E-state index < -0.39 is 0 Å². The van der Waals surface area contributed by atoms with Crippen molar-refractivity contribution in [2.75, 3.05) is 25.0 Å². The summed E-state index contributed by atoms with van der Waals surface area (Å²) in [4.78, 5) is 6.88. The molecule has 0 radical (unpaired) electrons. The highest BCUT2D eigenvalue weighted by Gasteiger charge is 2.15. The van der Waals surface area contributed by atoms with E-state index in [0.717, 1.165) is 25.2 Å². The van der Waals surface area contributed by atoms with Gasteiger partial charge in [0.2, 0.25) is 0 Å². The third-order valence-electron chi connectivity index (χ3n) is 3.14. The summed E-state index contributed by atoms with van der Waals surface area (Å²) in [5, 5.41) is 3.46. The van der Waals surface area contributed by atoms with Crippen LogP contribution < -0.4 is 10.2 Å². The van der Waals surface area contributed by atoms with Crippen molar-refractivity contribution in [2.45, 2.75) is 47.1 Å². The second kappa shape index (κ2) is 6.90. The van der Waals surface area contributed by atoms with Crippen LogP contribution in [-0.4, -0.2) is 25.1 Å². The summed E-state index contributed by atoms with van der Waals surface area (Å²) in [7, 11) is 2.13. The monoisotopic (exact) mass is 263 g/mol. The summed E-state index contributed by atoms with van der Waals surface area (Å²) in [5.74, 6) is 0. The Labute approximate surface area is 118 Å². The molecule has 1 aromatic rings. The van der Waals surface area contributed by atoms with Gasteiger partial charge in [0, 0.05) is 19.6 Å². The van der Waals surface area contributed by atoms with Crippen LogP contribution in [-0.2, 0) is 0 Å². The van der Waals surface area contributed by atoms with Gasteiger partial charge in [-0.05, 0) is 30.5 Å². The molecular weight excluding hydrogens is 234 g/mol. The molecule has 1 rings (SSSR count). The maximum Gasteiger partial charge on any atom is 0.0574 e. The van der Waals surface area contributed by atoms with Crippen molar-refractivity contribution in [3.63, 3.8) is 0 Å². The fraction of sp³-hybridized carbons (Fsp3) is 0.688. The minimum atomic E-state index is 0.295. The fourth-order valence-electron chi connectivity index (χ4n) is 2.34. The number of hydrogen-bond acceptors (Lipinski definition) is 3. The van der Waals surface area contributed by atoms with Crippen molar-refractivity contribution in [1.29, 1.82) is 0 Å². The number of hydrogen-bond donors (Lipinski definition) is 1. The zero-order valence-corrected chi connectivity index (χ0v) is 13.3. The van der Waals surface area contributed by atoms with Crippen LogP contribution in [0.5, 0.6) is 0 Å². The fourth-order valence-corrected chi connectivity index (χ4v) is 2.34. The maximum atomic E-state index is 4.62. The molecule has 3 heteroatoms. The molecule has 108 valence electrons. The van der Waals surface area contributed by atoms with Crippen LogP contribution in [0, 0.1) is 5.41 Å². The largest absolute Gasteiger partial charge is 0.373 e. The van der Waals surface area contributed by atoms with Crippen molar-refractivity contribution in [1.82, 2.24) is 10.3 Å². The lowest BCUT2D eigenvalue weighted by molar-refractivity contribution is 0.419. The predicted molar refractivity (Wildman–Crippen MR) is 83.7 cm³/mol. The number of anilines is 1. The molecule has 0 fully saturated rings. The lowest BCUT2D eigenvalue weighted by Crippen LogP contribution is -2.29. The molecular formula is C16H29N3. The quantitative estimate of drug-likeness (QED) is 0.849. The van der Waals surface area contributed by atoms with Gasteiger partial charge in [0.1, 0.15) is 0 Å². The van der Waals surface area contributed by atoms with E-state index in [4.69, 9.17) is 0 Å². The average molecular weight is 263 g/mol. The lowest BCUT2D eigenvalue weighted by Gasteiger charge is -2.28. The van der Waals surface area contributed by atoms with Crippen LogP contribution >= 0.6 is 0 Å². The number of pyridine rings is 1. The number of nitrogens with zero attached hydrogens (tertiary/aromatic N) is 2. The first kappa shape index (κ1) is 16.0. The minimum Gasteiger partial charge on any atom is -0.373 e. The van der Waals surface area contributed by atoms with Crippen molar-refractivity contribution in [2.24, 2.45) is 5.41 Å². The Hall–Kier alpha value is -1.09. The molecule has 3 nitrogen and oxygen atoms in total. The molecule has 0 spiro atoms. The Balaban J connectivity index is 2.75. The summed E-state index contributed by atoms with van der Waals surface area (Å²) < 4.78 is 0. The molecule has 19 heavy (non-hydrogen) atoms. The van der Waals surface area contributed by atoms with Crippen molar-refractivity contribution in [3.05, 3.63) is 24.0 Å². The van der Waals surface area contributed by atoms with Crippen LogP contribution in [0.25, 0.3) is 0 Å². The molecule has 0 saturated heterocycles. The molecule has 0 saturated carbocycles. The van der Waals surface area contributed by atoms with E-state index in [1.54, 1.807) is 0 Å². The molecule has 0 aliphatic carbocycles. The molecule has 0 aromatic carbocycles. The zero-order valence-electron chi connectivity index (χ0n) is 13.3. The smallest absolute Gasteiger partial charge is 0.0574 e. The van der Waals surface area contributed by atoms with Gasteiger partial charge >= 0.3 is 0 Å².